The molecule has 108 valence electrons. The van der Waals surface area contributed by atoms with E-state index >= 15 is 0 Å². The van der Waals surface area contributed by atoms with Crippen LogP contribution in [0.3, 0.4) is 0 Å². The van der Waals surface area contributed by atoms with Gasteiger partial charge in [0.2, 0.25) is 0 Å². The van der Waals surface area contributed by atoms with Gasteiger partial charge in [0.15, 0.2) is 11.6 Å². The van der Waals surface area contributed by atoms with Gasteiger partial charge < -0.3 is 0 Å². The smallest absolute Gasteiger partial charge is 0.185 e. The monoisotopic (exact) mass is 288 g/mol. The maximum absolute atomic E-state index is 11.4. The Hall–Kier alpha value is -3.00. The largest absolute Gasteiger partial charge is 0.289 e. The van der Waals surface area contributed by atoms with Crippen LogP contribution in [0.15, 0.2) is 73.8 Å². The van der Waals surface area contributed by atoms with Crippen LogP contribution in [0.1, 0.15) is 31.8 Å². The normalized spacial score (nSPS) is 10.4. The van der Waals surface area contributed by atoms with Gasteiger partial charge in [-0.3, -0.25) is 9.59 Å². The first-order chi connectivity index (χ1) is 10.6. The van der Waals surface area contributed by atoms with E-state index in [0.717, 1.165) is 11.1 Å². The van der Waals surface area contributed by atoms with E-state index in [9.17, 15) is 9.59 Å². The maximum Gasteiger partial charge on any atom is 0.185 e. The van der Waals surface area contributed by atoms with Gasteiger partial charge in [0.05, 0.1) is 0 Å². The molecule has 0 atom stereocenters. The standard InChI is InChI=1S/C20H16O2/c1-3-19(21)17-11-7-15(8-12-17)5-6-16-9-13-18(14-10-16)20(22)4-2/h3-14H,1-2H2/b6-5+. The number of hydrogen-bond acceptors (Lipinski definition) is 2. The fourth-order valence-electron chi connectivity index (χ4n) is 1.95. The van der Waals surface area contributed by atoms with Crippen LogP contribution in [0, 0.1) is 0 Å². The highest BCUT2D eigenvalue weighted by Crippen LogP contribution is 2.12. The highest BCUT2D eigenvalue weighted by atomic mass is 16.1. The summed E-state index contributed by atoms with van der Waals surface area (Å²) in [4.78, 5) is 22.9. The van der Waals surface area contributed by atoms with Crippen molar-refractivity contribution in [2.24, 2.45) is 0 Å². The molecule has 0 radical (unpaired) electrons. The molecule has 0 N–H and O–H groups in total. The van der Waals surface area contributed by atoms with Crippen molar-refractivity contribution in [3.8, 4) is 0 Å². The molecule has 0 fully saturated rings. The van der Waals surface area contributed by atoms with Gasteiger partial charge in [-0.1, -0.05) is 73.8 Å². The number of rotatable bonds is 6. The minimum Gasteiger partial charge on any atom is -0.289 e. The quantitative estimate of drug-likeness (QED) is 0.442. The third-order valence-electron chi connectivity index (χ3n) is 3.23. The first-order valence-electron chi connectivity index (χ1n) is 6.86. The molecule has 0 saturated carbocycles. The zero-order chi connectivity index (χ0) is 15.9. The summed E-state index contributed by atoms with van der Waals surface area (Å²) in [6, 6.07) is 14.6. The molecule has 0 unspecified atom stereocenters. The molecule has 0 amide bonds. The van der Waals surface area contributed by atoms with Gasteiger partial charge in [-0.05, 0) is 23.3 Å². The second-order valence-corrected chi connectivity index (χ2v) is 4.71. The van der Waals surface area contributed by atoms with E-state index in [4.69, 9.17) is 0 Å². The first kappa shape index (κ1) is 15.4. The van der Waals surface area contributed by atoms with Gasteiger partial charge in [0.1, 0.15) is 0 Å². The van der Waals surface area contributed by atoms with Gasteiger partial charge in [-0.15, -0.1) is 0 Å². The van der Waals surface area contributed by atoms with Crippen molar-refractivity contribution in [1.29, 1.82) is 0 Å². The first-order valence-corrected chi connectivity index (χ1v) is 6.86. The Balaban J connectivity index is 2.11. The lowest BCUT2D eigenvalue weighted by Crippen LogP contribution is -1.92. The molecule has 2 nitrogen and oxygen atoms in total. The summed E-state index contributed by atoms with van der Waals surface area (Å²) in [5.74, 6) is -0.170. The summed E-state index contributed by atoms with van der Waals surface area (Å²) in [5.41, 5.74) is 3.23. The Kier molecular flexibility index (Phi) is 4.99. The van der Waals surface area contributed by atoms with Crippen LogP contribution in [-0.2, 0) is 0 Å². The van der Waals surface area contributed by atoms with E-state index in [2.05, 4.69) is 13.2 Å². The highest BCUT2D eigenvalue weighted by Gasteiger charge is 2.00. The average molecular weight is 288 g/mol. The topological polar surface area (TPSA) is 34.1 Å². The van der Waals surface area contributed by atoms with Gasteiger partial charge >= 0.3 is 0 Å². The summed E-state index contributed by atoms with van der Waals surface area (Å²) in [6.07, 6.45) is 6.51. The van der Waals surface area contributed by atoms with Crippen LogP contribution < -0.4 is 0 Å². The molecule has 2 aromatic rings. The molecule has 0 aliphatic rings. The van der Waals surface area contributed by atoms with Crippen LogP contribution in [-0.4, -0.2) is 11.6 Å². The van der Waals surface area contributed by atoms with Gasteiger partial charge in [0.25, 0.3) is 0 Å². The summed E-state index contributed by atoms with van der Waals surface area (Å²) in [6.45, 7) is 6.93. The number of ketones is 2. The molecule has 0 heterocycles. The lowest BCUT2D eigenvalue weighted by molar-refractivity contribution is 0.103. The van der Waals surface area contributed by atoms with E-state index in [1.807, 2.05) is 36.4 Å². The third-order valence-corrected chi connectivity index (χ3v) is 3.23. The molecule has 2 rings (SSSR count). The van der Waals surface area contributed by atoms with E-state index < -0.39 is 0 Å². The molecule has 22 heavy (non-hydrogen) atoms. The minimum absolute atomic E-state index is 0.0852. The minimum atomic E-state index is -0.0852. The average Bonchev–Trinajstić information content (AvgIpc) is 2.59. The van der Waals surface area contributed by atoms with Gasteiger partial charge in [0, 0.05) is 11.1 Å². The molecule has 0 aliphatic heterocycles. The number of hydrogen-bond donors (Lipinski definition) is 0. The van der Waals surface area contributed by atoms with Crippen molar-refractivity contribution in [2.45, 2.75) is 0 Å². The zero-order valence-corrected chi connectivity index (χ0v) is 12.2. The number of carbonyl (C=O) groups excluding carboxylic acids is 2. The number of benzene rings is 2. The third kappa shape index (κ3) is 3.76. The SMILES string of the molecule is C=CC(=O)c1ccc(/C=C/c2ccc(C(=O)C=C)cc2)cc1. The highest BCUT2D eigenvalue weighted by molar-refractivity contribution is 6.04. The van der Waals surface area contributed by atoms with Crippen molar-refractivity contribution in [2.75, 3.05) is 0 Å². The molecular weight excluding hydrogens is 272 g/mol. The predicted octanol–water partition coefficient (Wildman–Crippen LogP) is 4.59. The van der Waals surface area contributed by atoms with Gasteiger partial charge in [-0.25, -0.2) is 0 Å². The fourth-order valence-corrected chi connectivity index (χ4v) is 1.95. The number of carbonyl (C=O) groups is 2. The Bertz CT molecular complexity index is 667. The van der Waals surface area contributed by atoms with Crippen molar-refractivity contribution in [3.05, 3.63) is 96.1 Å². The van der Waals surface area contributed by atoms with E-state index in [0.29, 0.717) is 11.1 Å². The Morgan fingerprint density at radius 2 is 0.955 bits per heavy atom. The van der Waals surface area contributed by atoms with Crippen LogP contribution in [0.4, 0.5) is 0 Å². The van der Waals surface area contributed by atoms with Crippen molar-refractivity contribution < 1.29 is 9.59 Å². The number of allylic oxidation sites excluding steroid dienone is 2. The molecule has 0 saturated heterocycles. The van der Waals surface area contributed by atoms with Gasteiger partial charge in [-0.2, -0.15) is 0 Å². The second kappa shape index (κ2) is 7.14. The lowest BCUT2D eigenvalue weighted by Gasteiger charge is -1.99. The Morgan fingerprint density at radius 1 is 0.636 bits per heavy atom. The van der Waals surface area contributed by atoms with Crippen LogP contribution >= 0.6 is 0 Å². The molecule has 0 spiro atoms. The van der Waals surface area contributed by atoms with Crippen LogP contribution in [0.5, 0.6) is 0 Å². The lowest BCUT2D eigenvalue weighted by atomic mass is 10.1. The molecule has 0 aliphatic carbocycles. The van der Waals surface area contributed by atoms with E-state index in [1.165, 1.54) is 12.2 Å². The summed E-state index contributed by atoms with van der Waals surface area (Å²) in [5, 5.41) is 0. The van der Waals surface area contributed by atoms with E-state index in [1.54, 1.807) is 24.3 Å². The Labute approximate surface area is 130 Å². The summed E-state index contributed by atoms with van der Waals surface area (Å²) < 4.78 is 0. The molecule has 0 bridgehead atoms. The fraction of sp³-hybridized carbons (Fsp3) is 0. The van der Waals surface area contributed by atoms with Crippen molar-refractivity contribution in [3.63, 3.8) is 0 Å². The molecule has 2 aromatic carbocycles. The summed E-state index contributed by atoms with van der Waals surface area (Å²) >= 11 is 0. The maximum atomic E-state index is 11.4. The Morgan fingerprint density at radius 3 is 1.23 bits per heavy atom. The zero-order valence-electron chi connectivity index (χ0n) is 12.2. The molecular formula is C20H16O2. The summed E-state index contributed by atoms with van der Waals surface area (Å²) in [7, 11) is 0. The van der Waals surface area contributed by atoms with Crippen LogP contribution in [0.25, 0.3) is 12.2 Å². The molecule has 0 aromatic heterocycles. The van der Waals surface area contributed by atoms with E-state index in [-0.39, 0.29) is 11.6 Å². The van der Waals surface area contributed by atoms with Crippen molar-refractivity contribution in [1.82, 2.24) is 0 Å². The predicted molar refractivity (Wildman–Crippen MR) is 90.9 cm³/mol. The molecule has 2 heteroatoms. The van der Waals surface area contributed by atoms with Crippen LogP contribution in [0.2, 0.25) is 0 Å². The second-order valence-electron chi connectivity index (χ2n) is 4.71. The van der Waals surface area contributed by atoms with Crippen molar-refractivity contribution >= 4 is 23.7 Å².